The average Bonchev–Trinajstić information content (AvgIpc) is 2.46. The standard InChI is InChI=1S/C11H11NO2/c13-8-4-5-10-9(6-8)11(12-14-10)7-2-1-3-7/h4-7,13H,1-3H2. The third-order valence-electron chi connectivity index (χ3n) is 2.97. The van der Waals surface area contributed by atoms with Crippen LogP contribution < -0.4 is 0 Å². The van der Waals surface area contributed by atoms with Crippen LogP contribution in [0.3, 0.4) is 0 Å². The van der Waals surface area contributed by atoms with Gasteiger partial charge in [-0.05, 0) is 31.0 Å². The molecule has 1 aliphatic rings. The molecule has 3 heteroatoms. The van der Waals surface area contributed by atoms with Gasteiger partial charge in [0.25, 0.3) is 0 Å². The normalized spacial score (nSPS) is 17.1. The van der Waals surface area contributed by atoms with E-state index in [2.05, 4.69) is 5.16 Å². The van der Waals surface area contributed by atoms with E-state index in [1.807, 2.05) is 0 Å². The monoisotopic (exact) mass is 189 g/mol. The van der Waals surface area contributed by atoms with E-state index < -0.39 is 0 Å². The number of aromatic nitrogens is 1. The Labute approximate surface area is 81.3 Å². The maximum atomic E-state index is 9.38. The second-order valence-electron chi connectivity index (χ2n) is 3.88. The Morgan fingerprint density at radius 3 is 2.93 bits per heavy atom. The summed E-state index contributed by atoms with van der Waals surface area (Å²) >= 11 is 0. The highest BCUT2D eigenvalue weighted by Gasteiger charge is 2.25. The molecule has 3 nitrogen and oxygen atoms in total. The number of nitrogens with zero attached hydrogens (tertiary/aromatic N) is 1. The van der Waals surface area contributed by atoms with Crippen molar-refractivity contribution >= 4 is 11.0 Å². The lowest BCUT2D eigenvalue weighted by molar-refractivity contribution is 0.375. The Kier molecular flexibility index (Phi) is 1.54. The van der Waals surface area contributed by atoms with Crippen molar-refractivity contribution in [2.45, 2.75) is 25.2 Å². The molecule has 1 N–H and O–H groups in total. The van der Waals surface area contributed by atoms with Crippen molar-refractivity contribution in [1.82, 2.24) is 5.16 Å². The fourth-order valence-corrected chi connectivity index (χ4v) is 1.92. The summed E-state index contributed by atoms with van der Waals surface area (Å²) in [6, 6.07) is 5.12. The van der Waals surface area contributed by atoms with Gasteiger partial charge in [0.05, 0.1) is 5.69 Å². The second kappa shape index (κ2) is 2.74. The number of phenolic OH excluding ortho intramolecular Hbond substituents is 1. The summed E-state index contributed by atoms with van der Waals surface area (Å²) in [5.74, 6) is 0.819. The van der Waals surface area contributed by atoms with Crippen molar-refractivity contribution in [2.75, 3.05) is 0 Å². The van der Waals surface area contributed by atoms with Gasteiger partial charge < -0.3 is 9.63 Å². The van der Waals surface area contributed by atoms with Crippen molar-refractivity contribution in [3.63, 3.8) is 0 Å². The number of hydrogen-bond donors (Lipinski definition) is 1. The highest BCUT2D eigenvalue weighted by Crippen LogP contribution is 2.39. The first kappa shape index (κ1) is 7.85. The van der Waals surface area contributed by atoms with Crippen molar-refractivity contribution < 1.29 is 9.63 Å². The molecule has 1 saturated carbocycles. The van der Waals surface area contributed by atoms with Crippen molar-refractivity contribution in [2.24, 2.45) is 0 Å². The maximum absolute atomic E-state index is 9.38. The summed E-state index contributed by atoms with van der Waals surface area (Å²) < 4.78 is 5.20. The molecule has 1 aliphatic carbocycles. The van der Waals surface area contributed by atoms with Crippen LogP contribution in [0.15, 0.2) is 22.7 Å². The molecule has 3 rings (SSSR count). The van der Waals surface area contributed by atoms with Gasteiger partial charge in [0, 0.05) is 11.3 Å². The van der Waals surface area contributed by atoms with E-state index in [1.54, 1.807) is 18.2 Å². The molecule has 14 heavy (non-hydrogen) atoms. The molecule has 1 aromatic heterocycles. The van der Waals surface area contributed by atoms with Crippen LogP contribution in [-0.4, -0.2) is 10.3 Å². The fourth-order valence-electron chi connectivity index (χ4n) is 1.92. The second-order valence-corrected chi connectivity index (χ2v) is 3.88. The lowest BCUT2D eigenvalue weighted by Crippen LogP contribution is -2.09. The van der Waals surface area contributed by atoms with E-state index in [0.717, 1.165) is 16.7 Å². The lowest BCUT2D eigenvalue weighted by atomic mass is 9.82. The van der Waals surface area contributed by atoms with Crippen LogP contribution in [0.5, 0.6) is 5.75 Å². The minimum absolute atomic E-state index is 0.279. The van der Waals surface area contributed by atoms with Crippen LogP contribution in [0.1, 0.15) is 30.9 Å². The number of phenols is 1. The quantitative estimate of drug-likeness (QED) is 0.750. The summed E-state index contributed by atoms with van der Waals surface area (Å²) in [7, 11) is 0. The molecule has 0 spiro atoms. The molecule has 0 bridgehead atoms. The van der Waals surface area contributed by atoms with Crippen LogP contribution >= 0.6 is 0 Å². The zero-order valence-corrected chi connectivity index (χ0v) is 7.73. The van der Waals surface area contributed by atoms with Gasteiger partial charge in [-0.3, -0.25) is 0 Å². The molecule has 0 aliphatic heterocycles. The molecule has 72 valence electrons. The zero-order valence-electron chi connectivity index (χ0n) is 7.73. The molecular weight excluding hydrogens is 178 g/mol. The SMILES string of the molecule is Oc1ccc2onc(C3CCC3)c2c1. The molecular formula is C11H11NO2. The topological polar surface area (TPSA) is 46.3 Å². The van der Waals surface area contributed by atoms with Gasteiger partial charge in [-0.15, -0.1) is 0 Å². The van der Waals surface area contributed by atoms with E-state index in [9.17, 15) is 5.11 Å². The smallest absolute Gasteiger partial charge is 0.167 e. The van der Waals surface area contributed by atoms with Crippen molar-refractivity contribution in [3.05, 3.63) is 23.9 Å². The number of hydrogen-bond acceptors (Lipinski definition) is 3. The summed E-state index contributed by atoms with van der Waals surface area (Å²) in [6.07, 6.45) is 3.66. The molecule has 1 aromatic carbocycles. The maximum Gasteiger partial charge on any atom is 0.167 e. The number of fused-ring (bicyclic) bond motifs is 1. The first-order chi connectivity index (χ1) is 6.84. The summed E-state index contributed by atoms with van der Waals surface area (Å²) in [6.45, 7) is 0. The molecule has 0 amide bonds. The summed E-state index contributed by atoms with van der Waals surface area (Å²) in [5, 5.41) is 14.4. The zero-order chi connectivity index (χ0) is 9.54. The van der Waals surface area contributed by atoms with E-state index in [0.29, 0.717) is 5.92 Å². The van der Waals surface area contributed by atoms with Gasteiger partial charge in [-0.25, -0.2) is 0 Å². The molecule has 0 atom stereocenters. The fraction of sp³-hybridized carbons (Fsp3) is 0.364. The van der Waals surface area contributed by atoms with Gasteiger partial charge in [0.1, 0.15) is 5.75 Å². The third-order valence-corrected chi connectivity index (χ3v) is 2.97. The summed E-state index contributed by atoms with van der Waals surface area (Å²) in [5.41, 5.74) is 1.78. The highest BCUT2D eigenvalue weighted by atomic mass is 16.5. The third kappa shape index (κ3) is 1.02. The van der Waals surface area contributed by atoms with E-state index in [1.165, 1.54) is 19.3 Å². The average molecular weight is 189 g/mol. The lowest BCUT2D eigenvalue weighted by Gasteiger charge is -2.22. The van der Waals surface area contributed by atoms with Crippen LogP contribution in [0.25, 0.3) is 11.0 Å². The molecule has 2 aromatic rings. The highest BCUT2D eigenvalue weighted by molar-refractivity contribution is 5.81. The number of aromatic hydroxyl groups is 1. The van der Waals surface area contributed by atoms with Gasteiger partial charge in [-0.2, -0.15) is 0 Å². The predicted molar refractivity (Wildman–Crippen MR) is 52.3 cm³/mol. The molecule has 1 heterocycles. The van der Waals surface area contributed by atoms with Gasteiger partial charge in [-0.1, -0.05) is 11.6 Å². The molecule has 1 fully saturated rings. The van der Waals surface area contributed by atoms with Crippen molar-refractivity contribution in [1.29, 1.82) is 0 Å². The van der Waals surface area contributed by atoms with Crippen molar-refractivity contribution in [3.8, 4) is 5.75 Å². The Morgan fingerprint density at radius 1 is 1.36 bits per heavy atom. The largest absolute Gasteiger partial charge is 0.508 e. The minimum Gasteiger partial charge on any atom is -0.508 e. The van der Waals surface area contributed by atoms with Gasteiger partial charge >= 0.3 is 0 Å². The molecule has 0 radical (unpaired) electrons. The van der Waals surface area contributed by atoms with Gasteiger partial charge in [0.2, 0.25) is 0 Å². The Morgan fingerprint density at radius 2 is 2.21 bits per heavy atom. The Balaban J connectivity index is 2.18. The first-order valence-electron chi connectivity index (χ1n) is 4.93. The predicted octanol–water partition coefficient (Wildman–Crippen LogP) is 2.80. The van der Waals surface area contributed by atoms with Crippen LogP contribution in [0.2, 0.25) is 0 Å². The van der Waals surface area contributed by atoms with E-state index in [-0.39, 0.29) is 5.75 Å². The van der Waals surface area contributed by atoms with Crippen LogP contribution in [-0.2, 0) is 0 Å². The number of benzene rings is 1. The minimum atomic E-state index is 0.279. The first-order valence-corrected chi connectivity index (χ1v) is 4.93. The van der Waals surface area contributed by atoms with Crippen LogP contribution in [0.4, 0.5) is 0 Å². The number of rotatable bonds is 1. The summed E-state index contributed by atoms with van der Waals surface area (Å²) in [4.78, 5) is 0. The van der Waals surface area contributed by atoms with Gasteiger partial charge in [0.15, 0.2) is 5.58 Å². The molecule has 0 saturated heterocycles. The molecule has 0 unspecified atom stereocenters. The van der Waals surface area contributed by atoms with E-state index in [4.69, 9.17) is 4.52 Å². The Bertz CT molecular complexity index is 471. The Hall–Kier alpha value is -1.51. The van der Waals surface area contributed by atoms with E-state index >= 15 is 0 Å². The van der Waals surface area contributed by atoms with Crippen LogP contribution in [0, 0.1) is 0 Å².